The van der Waals surface area contributed by atoms with Gasteiger partial charge in [0.2, 0.25) is 0 Å². The second-order valence-corrected chi connectivity index (χ2v) is 5.06. The van der Waals surface area contributed by atoms with E-state index in [1.807, 2.05) is 6.07 Å². The Bertz CT molecular complexity index is 459. The van der Waals surface area contributed by atoms with E-state index in [1.54, 1.807) is 12.1 Å². The number of nitro groups is 1. The standard InChI is InChI=1S/C14H21N3O3/c1-2-4-15-12-6-13(8-14(7-12)17(18)19)16-9-11-3-5-20-10-11/h6-8,11,15-16H,2-5,9-10H2,1H3. The van der Waals surface area contributed by atoms with Gasteiger partial charge < -0.3 is 15.4 Å². The Hall–Kier alpha value is -1.82. The lowest BCUT2D eigenvalue weighted by molar-refractivity contribution is -0.384. The molecular weight excluding hydrogens is 258 g/mol. The van der Waals surface area contributed by atoms with Crippen molar-refractivity contribution < 1.29 is 9.66 Å². The number of rotatable bonds is 7. The van der Waals surface area contributed by atoms with E-state index in [2.05, 4.69) is 17.6 Å². The van der Waals surface area contributed by atoms with Crippen molar-refractivity contribution in [2.75, 3.05) is 36.9 Å². The number of hydrogen-bond acceptors (Lipinski definition) is 5. The van der Waals surface area contributed by atoms with E-state index in [1.165, 1.54) is 0 Å². The normalized spacial score (nSPS) is 17.9. The highest BCUT2D eigenvalue weighted by molar-refractivity contribution is 5.63. The third-order valence-corrected chi connectivity index (χ3v) is 3.33. The molecule has 20 heavy (non-hydrogen) atoms. The van der Waals surface area contributed by atoms with Gasteiger partial charge in [0.25, 0.3) is 5.69 Å². The van der Waals surface area contributed by atoms with E-state index in [9.17, 15) is 10.1 Å². The molecule has 6 heteroatoms. The first-order valence-electron chi connectivity index (χ1n) is 7.04. The molecule has 1 aliphatic heterocycles. The molecule has 1 fully saturated rings. The molecule has 1 unspecified atom stereocenters. The lowest BCUT2D eigenvalue weighted by Crippen LogP contribution is -2.14. The molecule has 0 saturated carbocycles. The van der Waals surface area contributed by atoms with Crippen molar-refractivity contribution in [3.05, 3.63) is 28.3 Å². The van der Waals surface area contributed by atoms with Gasteiger partial charge in [0.05, 0.1) is 11.5 Å². The molecule has 2 N–H and O–H groups in total. The number of benzene rings is 1. The Labute approximate surface area is 118 Å². The predicted molar refractivity (Wildman–Crippen MR) is 79.3 cm³/mol. The van der Waals surface area contributed by atoms with E-state index in [0.717, 1.165) is 50.5 Å². The minimum Gasteiger partial charge on any atom is -0.385 e. The van der Waals surface area contributed by atoms with Gasteiger partial charge in [0.15, 0.2) is 0 Å². The summed E-state index contributed by atoms with van der Waals surface area (Å²) in [6.07, 6.45) is 2.02. The molecule has 1 aliphatic rings. The van der Waals surface area contributed by atoms with Crippen LogP contribution in [0.25, 0.3) is 0 Å². The summed E-state index contributed by atoms with van der Waals surface area (Å²) in [6.45, 7) is 5.22. The molecule has 0 bridgehead atoms. The van der Waals surface area contributed by atoms with Crippen LogP contribution in [0.3, 0.4) is 0 Å². The number of ether oxygens (including phenoxy) is 1. The zero-order valence-corrected chi connectivity index (χ0v) is 11.7. The lowest BCUT2D eigenvalue weighted by atomic mass is 10.1. The molecule has 0 aromatic heterocycles. The first-order chi connectivity index (χ1) is 9.69. The van der Waals surface area contributed by atoms with Gasteiger partial charge in [-0.3, -0.25) is 10.1 Å². The van der Waals surface area contributed by atoms with Crippen LogP contribution >= 0.6 is 0 Å². The molecule has 0 amide bonds. The van der Waals surface area contributed by atoms with Gasteiger partial charge in [-0.05, 0) is 18.9 Å². The SMILES string of the molecule is CCCNc1cc(NCC2CCOC2)cc([N+](=O)[O-])c1. The first kappa shape index (κ1) is 14.6. The van der Waals surface area contributed by atoms with Crippen molar-refractivity contribution in [3.8, 4) is 0 Å². The molecule has 1 aromatic carbocycles. The maximum Gasteiger partial charge on any atom is 0.273 e. The highest BCUT2D eigenvalue weighted by Gasteiger charge is 2.16. The molecular formula is C14H21N3O3. The minimum absolute atomic E-state index is 0.108. The Morgan fingerprint density at radius 1 is 1.35 bits per heavy atom. The Morgan fingerprint density at radius 3 is 2.70 bits per heavy atom. The Morgan fingerprint density at radius 2 is 2.10 bits per heavy atom. The van der Waals surface area contributed by atoms with Crippen LogP contribution in [-0.2, 0) is 4.74 Å². The van der Waals surface area contributed by atoms with Crippen molar-refractivity contribution >= 4 is 17.1 Å². The quantitative estimate of drug-likeness (QED) is 0.593. The van der Waals surface area contributed by atoms with Gasteiger partial charge in [-0.1, -0.05) is 6.92 Å². The predicted octanol–water partition coefficient (Wildman–Crippen LogP) is 2.87. The topological polar surface area (TPSA) is 76.4 Å². The average Bonchev–Trinajstić information content (AvgIpc) is 2.96. The Balaban J connectivity index is 2.04. The fourth-order valence-electron chi connectivity index (χ4n) is 2.20. The summed E-state index contributed by atoms with van der Waals surface area (Å²) in [5, 5.41) is 17.4. The molecule has 0 aliphatic carbocycles. The molecule has 1 aromatic rings. The first-order valence-corrected chi connectivity index (χ1v) is 7.04. The van der Waals surface area contributed by atoms with Crippen molar-refractivity contribution in [2.24, 2.45) is 5.92 Å². The van der Waals surface area contributed by atoms with Gasteiger partial charge in [0.1, 0.15) is 0 Å². The fourth-order valence-corrected chi connectivity index (χ4v) is 2.20. The van der Waals surface area contributed by atoms with Crippen molar-refractivity contribution in [1.82, 2.24) is 0 Å². The van der Waals surface area contributed by atoms with Crippen LogP contribution in [0.15, 0.2) is 18.2 Å². The van der Waals surface area contributed by atoms with Crippen LogP contribution in [-0.4, -0.2) is 31.2 Å². The summed E-state index contributed by atoms with van der Waals surface area (Å²) in [7, 11) is 0. The summed E-state index contributed by atoms with van der Waals surface area (Å²) in [4.78, 5) is 10.6. The second-order valence-electron chi connectivity index (χ2n) is 5.06. The number of nitrogens with zero attached hydrogens (tertiary/aromatic N) is 1. The van der Waals surface area contributed by atoms with Crippen LogP contribution in [0.2, 0.25) is 0 Å². The maximum atomic E-state index is 11.0. The molecule has 110 valence electrons. The minimum atomic E-state index is -0.360. The zero-order valence-electron chi connectivity index (χ0n) is 11.7. The van der Waals surface area contributed by atoms with E-state index in [0.29, 0.717) is 5.92 Å². The van der Waals surface area contributed by atoms with Gasteiger partial charge >= 0.3 is 0 Å². The highest BCUT2D eigenvalue weighted by Crippen LogP contribution is 2.25. The van der Waals surface area contributed by atoms with Crippen LogP contribution in [0.1, 0.15) is 19.8 Å². The van der Waals surface area contributed by atoms with Gasteiger partial charge in [-0.25, -0.2) is 0 Å². The molecule has 2 rings (SSSR count). The largest absolute Gasteiger partial charge is 0.385 e. The summed E-state index contributed by atoms with van der Waals surface area (Å²) in [5.74, 6) is 0.487. The molecule has 1 atom stereocenters. The molecule has 0 radical (unpaired) electrons. The fraction of sp³-hybridized carbons (Fsp3) is 0.571. The van der Waals surface area contributed by atoms with E-state index in [-0.39, 0.29) is 10.6 Å². The summed E-state index contributed by atoms with van der Waals surface area (Å²) in [6, 6.07) is 5.06. The second kappa shape index (κ2) is 7.09. The lowest BCUT2D eigenvalue weighted by Gasteiger charge is -2.12. The highest BCUT2D eigenvalue weighted by atomic mass is 16.6. The number of anilines is 2. The Kier molecular flexibility index (Phi) is 5.17. The van der Waals surface area contributed by atoms with E-state index in [4.69, 9.17) is 4.74 Å². The number of nitrogens with one attached hydrogen (secondary N) is 2. The molecule has 6 nitrogen and oxygen atoms in total. The van der Waals surface area contributed by atoms with Gasteiger partial charge in [-0.15, -0.1) is 0 Å². The maximum absolute atomic E-state index is 11.0. The van der Waals surface area contributed by atoms with E-state index >= 15 is 0 Å². The van der Waals surface area contributed by atoms with E-state index < -0.39 is 0 Å². The van der Waals surface area contributed by atoms with Crippen LogP contribution in [0.4, 0.5) is 17.1 Å². The summed E-state index contributed by atoms with van der Waals surface area (Å²) in [5.41, 5.74) is 1.67. The number of nitro benzene ring substituents is 1. The third kappa shape index (κ3) is 4.09. The summed E-state index contributed by atoms with van der Waals surface area (Å²) < 4.78 is 5.32. The monoisotopic (exact) mass is 279 g/mol. The summed E-state index contributed by atoms with van der Waals surface area (Å²) >= 11 is 0. The van der Waals surface area contributed by atoms with Crippen LogP contribution in [0.5, 0.6) is 0 Å². The zero-order chi connectivity index (χ0) is 14.4. The smallest absolute Gasteiger partial charge is 0.273 e. The van der Waals surface area contributed by atoms with Crippen LogP contribution in [0, 0.1) is 16.0 Å². The van der Waals surface area contributed by atoms with Crippen LogP contribution < -0.4 is 10.6 Å². The average molecular weight is 279 g/mol. The van der Waals surface area contributed by atoms with Crippen molar-refractivity contribution in [3.63, 3.8) is 0 Å². The van der Waals surface area contributed by atoms with Gasteiger partial charge in [-0.2, -0.15) is 0 Å². The molecule has 1 heterocycles. The molecule has 1 saturated heterocycles. The molecule has 0 spiro atoms. The number of hydrogen-bond donors (Lipinski definition) is 2. The number of non-ortho nitro benzene ring substituents is 1. The van der Waals surface area contributed by atoms with Gasteiger partial charge in [0, 0.05) is 49.1 Å². The third-order valence-electron chi connectivity index (χ3n) is 3.33. The van der Waals surface area contributed by atoms with Crippen molar-refractivity contribution in [1.29, 1.82) is 0 Å². The van der Waals surface area contributed by atoms with Crippen molar-refractivity contribution in [2.45, 2.75) is 19.8 Å².